The van der Waals surface area contributed by atoms with E-state index in [1.165, 1.54) is 25.9 Å². The van der Waals surface area contributed by atoms with Crippen LogP contribution in [-0.4, -0.2) is 72.6 Å². The Morgan fingerprint density at radius 1 is 1.38 bits per heavy atom. The lowest BCUT2D eigenvalue weighted by Gasteiger charge is -2.36. The molecular formula is C17H30N6S. The zero-order valence-electron chi connectivity index (χ0n) is 14.9. The number of piperazine rings is 1. The molecule has 3 heterocycles. The summed E-state index contributed by atoms with van der Waals surface area (Å²) in [5, 5.41) is 3.14. The number of rotatable bonds is 4. The molecule has 1 aromatic heterocycles. The van der Waals surface area contributed by atoms with Crippen LogP contribution in [0.15, 0.2) is 16.6 Å². The second-order valence-electron chi connectivity index (χ2n) is 7.08. The van der Waals surface area contributed by atoms with Gasteiger partial charge in [-0.2, -0.15) is 0 Å². The topological polar surface area (TPSA) is 61.0 Å². The predicted molar refractivity (Wildman–Crippen MR) is 102 cm³/mol. The molecule has 2 saturated heterocycles. The van der Waals surface area contributed by atoms with Crippen LogP contribution in [0.25, 0.3) is 0 Å². The minimum absolute atomic E-state index is 0.475. The first kappa shape index (κ1) is 17.5. The molecule has 7 heteroatoms. The molecule has 2 aliphatic heterocycles. The van der Waals surface area contributed by atoms with Gasteiger partial charge in [-0.15, -0.1) is 11.3 Å². The van der Waals surface area contributed by atoms with E-state index in [2.05, 4.69) is 38.5 Å². The molecule has 0 aliphatic carbocycles. The monoisotopic (exact) mass is 350 g/mol. The fourth-order valence-electron chi connectivity index (χ4n) is 3.57. The molecule has 0 spiro atoms. The van der Waals surface area contributed by atoms with Gasteiger partial charge in [-0.1, -0.05) is 6.92 Å². The van der Waals surface area contributed by atoms with Crippen LogP contribution in [-0.2, 0) is 0 Å². The number of anilines is 1. The molecule has 1 aromatic rings. The largest absolute Gasteiger partial charge is 0.370 e. The molecule has 0 bridgehead atoms. The van der Waals surface area contributed by atoms with Gasteiger partial charge in [0.05, 0.1) is 6.54 Å². The summed E-state index contributed by atoms with van der Waals surface area (Å²) in [5.41, 5.74) is 6.24. The summed E-state index contributed by atoms with van der Waals surface area (Å²) in [5.74, 6) is 1.51. The van der Waals surface area contributed by atoms with Crippen molar-refractivity contribution in [2.45, 2.75) is 32.7 Å². The number of nitrogens with zero attached hydrogens (tertiary/aromatic N) is 5. The highest BCUT2D eigenvalue weighted by molar-refractivity contribution is 7.13. The number of guanidine groups is 1. The van der Waals surface area contributed by atoms with Crippen LogP contribution < -0.4 is 10.6 Å². The van der Waals surface area contributed by atoms with E-state index in [4.69, 9.17) is 5.73 Å². The number of thiazole rings is 1. The maximum atomic E-state index is 6.24. The Morgan fingerprint density at radius 2 is 2.17 bits per heavy atom. The predicted octanol–water partition coefficient (Wildman–Crippen LogP) is 1.70. The van der Waals surface area contributed by atoms with Crippen molar-refractivity contribution in [3.8, 4) is 0 Å². The van der Waals surface area contributed by atoms with Crippen molar-refractivity contribution in [2.24, 2.45) is 16.6 Å². The van der Waals surface area contributed by atoms with E-state index in [0.29, 0.717) is 12.0 Å². The minimum Gasteiger partial charge on any atom is -0.370 e. The van der Waals surface area contributed by atoms with E-state index in [0.717, 1.165) is 43.8 Å². The van der Waals surface area contributed by atoms with Crippen molar-refractivity contribution in [3.05, 3.63) is 11.6 Å². The third-order valence-electron chi connectivity index (χ3n) is 5.12. The number of aliphatic imine (C=N–C) groups is 1. The third-order valence-corrected chi connectivity index (χ3v) is 5.95. The summed E-state index contributed by atoms with van der Waals surface area (Å²) in [7, 11) is 0. The average molecular weight is 351 g/mol. The third kappa shape index (κ3) is 4.39. The molecule has 2 aliphatic rings. The van der Waals surface area contributed by atoms with E-state index in [-0.39, 0.29) is 0 Å². The summed E-state index contributed by atoms with van der Waals surface area (Å²) in [6.45, 7) is 11.6. The molecule has 2 fully saturated rings. The van der Waals surface area contributed by atoms with Crippen LogP contribution in [0.1, 0.15) is 26.7 Å². The van der Waals surface area contributed by atoms with Gasteiger partial charge in [-0.3, -0.25) is 9.89 Å². The van der Waals surface area contributed by atoms with Crippen molar-refractivity contribution in [2.75, 3.05) is 50.7 Å². The van der Waals surface area contributed by atoms with Crippen molar-refractivity contribution < 1.29 is 0 Å². The highest BCUT2D eigenvalue weighted by Gasteiger charge is 2.22. The standard InChI is InChI=1S/C17H30N6S/c1-14-4-3-6-23(13-14)15(2)12-20-16(18)21-7-9-22(10-8-21)17-19-5-11-24-17/h5,11,14-15H,3-4,6-10,12-13H2,1-2H3,(H2,18,20). The van der Waals surface area contributed by atoms with Crippen LogP contribution in [0.2, 0.25) is 0 Å². The molecule has 0 radical (unpaired) electrons. The van der Waals surface area contributed by atoms with Gasteiger partial charge < -0.3 is 15.5 Å². The first-order chi connectivity index (χ1) is 11.6. The number of hydrogen-bond donors (Lipinski definition) is 1. The highest BCUT2D eigenvalue weighted by Crippen LogP contribution is 2.19. The van der Waals surface area contributed by atoms with Gasteiger partial charge in [-0.05, 0) is 32.2 Å². The van der Waals surface area contributed by atoms with Gasteiger partial charge in [-0.25, -0.2) is 4.98 Å². The van der Waals surface area contributed by atoms with Crippen molar-refractivity contribution >= 4 is 22.4 Å². The van der Waals surface area contributed by atoms with Gasteiger partial charge >= 0.3 is 0 Å². The summed E-state index contributed by atoms with van der Waals surface area (Å²) >= 11 is 1.70. The molecule has 2 atom stereocenters. The van der Waals surface area contributed by atoms with Crippen LogP contribution in [0.5, 0.6) is 0 Å². The second kappa shape index (κ2) is 8.16. The van der Waals surface area contributed by atoms with Crippen molar-refractivity contribution in [3.63, 3.8) is 0 Å². The van der Waals surface area contributed by atoms with Crippen molar-refractivity contribution in [1.82, 2.24) is 14.8 Å². The Morgan fingerprint density at radius 3 is 2.83 bits per heavy atom. The summed E-state index contributed by atoms with van der Waals surface area (Å²) in [6.07, 6.45) is 4.53. The van der Waals surface area contributed by atoms with E-state index < -0.39 is 0 Å². The lowest BCUT2D eigenvalue weighted by molar-refractivity contribution is 0.142. The molecule has 0 saturated carbocycles. The zero-order chi connectivity index (χ0) is 16.9. The number of nitrogens with two attached hydrogens (primary N) is 1. The number of aromatic nitrogens is 1. The summed E-state index contributed by atoms with van der Waals surface area (Å²) in [6, 6.07) is 0.475. The number of piperidine rings is 1. The Balaban J connectivity index is 1.46. The zero-order valence-corrected chi connectivity index (χ0v) is 15.7. The lowest BCUT2D eigenvalue weighted by atomic mass is 9.99. The molecule has 134 valence electrons. The Bertz CT molecular complexity index is 523. The Kier molecular flexibility index (Phi) is 5.94. The highest BCUT2D eigenvalue weighted by atomic mass is 32.1. The van der Waals surface area contributed by atoms with Crippen LogP contribution in [0.3, 0.4) is 0 Å². The van der Waals surface area contributed by atoms with Gasteiger partial charge in [0.1, 0.15) is 0 Å². The van der Waals surface area contributed by atoms with E-state index in [9.17, 15) is 0 Å². The maximum absolute atomic E-state index is 6.24. The smallest absolute Gasteiger partial charge is 0.191 e. The Labute approximate surface area is 149 Å². The maximum Gasteiger partial charge on any atom is 0.191 e. The van der Waals surface area contributed by atoms with Crippen molar-refractivity contribution in [1.29, 1.82) is 0 Å². The van der Waals surface area contributed by atoms with Crippen LogP contribution in [0.4, 0.5) is 5.13 Å². The van der Waals surface area contributed by atoms with Gasteiger partial charge in [0.2, 0.25) is 0 Å². The molecule has 6 nitrogen and oxygen atoms in total. The normalized spacial score (nSPS) is 25.1. The summed E-state index contributed by atoms with van der Waals surface area (Å²) in [4.78, 5) is 16.2. The molecule has 0 aromatic carbocycles. The lowest BCUT2D eigenvalue weighted by Crippen LogP contribution is -2.51. The molecule has 0 amide bonds. The summed E-state index contributed by atoms with van der Waals surface area (Å²) < 4.78 is 0. The molecular weight excluding hydrogens is 320 g/mol. The molecule has 2 N–H and O–H groups in total. The second-order valence-corrected chi connectivity index (χ2v) is 7.95. The first-order valence-corrected chi connectivity index (χ1v) is 9.95. The van der Waals surface area contributed by atoms with E-state index in [1.807, 2.05) is 11.6 Å². The number of likely N-dealkylation sites (tertiary alicyclic amines) is 1. The molecule has 3 rings (SSSR count). The first-order valence-electron chi connectivity index (χ1n) is 9.07. The minimum atomic E-state index is 0.475. The fraction of sp³-hybridized carbons (Fsp3) is 0.765. The SMILES string of the molecule is CC1CCCN(C(C)CN=C(N)N2CCN(c3nccs3)CC2)C1. The van der Waals surface area contributed by atoms with E-state index >= 15 is 0 Å². The molecule has 24 heavy (non-hydrogen) atoms. The average Bonchev–Trinajstić information content (AvgIpc) is 3.14. The van der Waals surface area contributed by atoms with Crippen LogP contribution in [0, 0.1) is 5.92 Å². The van der Waals surface area contributed by atoms with Gasteiger partial charge in [0.25, 0.3) is 0 Å². The van der Waals surface area contributed by atoms with Gasteiger partial charge in [0, 0.05) is 50.3 Å². The molecule has 2 unspecified atom stereocenters. The number of hydrogen-bond acceptors (Lipinski definition) is 5. The van der Waals surface area contributed by atoms with Crippen LogP contribution >= 0.6 is 11.3 Å². The fourth-order valence-corrected chi connectivity index (χ4v) is 4.26. The van der Waals surface area contributed by atoms with Gasteiger partial charge in [0.15, 0.2) is 11.1 Å². The quantitative estimate of drug-likeness (QED) is 0.661. The van der Waals surface area contributed by atoms with E-state index in [1.54, 1.807) is 11.3 Å². The Hall–Kier alpha value is -1.34.